The molecule has 1 aromatic carbocycles. The number of aromatic nitrogens is 2. The molecule has 1 saturated carbocycles. The molecule has 5 rings (SSSR count). The number of fused-ring (bicyclic) bond motifs is 1. The second kappa shape index (κ2) is 8.63. The molecule has 3 heterocycles. The number of sulfonamides is 1. The molecule has 166 valence electrons. The molecule has 2 fully saturated rings. The molecular weight excluding hydrogens is 418 g/mol. The summed E-state index contributed by atoms with van der Waals surface area (Å²) in [6, 6.07) is 6.80. The molecule has 31 heavy (non-hydrogen) atoms. The van der Waals surface area contributed by atoms with E-state index in [1.165, 1.54) is 12.8 Å². The minimum absolute atomic E-state index is 0.250. The Morgan fingerprint density at radius 3 is 2.55 bits per heavy atom. The van der Waals surface area contributed by atoms with Gasteiger partial charge in [-0.1, -0.05) is 0 Å². The van der Waals surface area contributed by atoms with E-state index >= 15 is 0 Å². The van der Waals surface area contributed by atoms with Crippen LogP contribution in [0.1, 0.15) is 43.7 Å². The normalized spacial score (nSPS) is 20.3. The fraction of sp³-hybridized carbons (Fsp3) is 0.545. The van der Waals surface area contributed by atoms with Crippen molar-refractivity contribution in [1.29, 1.82) is 0 Å². The van der Waals surface area contributed by atoms with Gasteiger partial charge in [-0.2, -0.15) is 4.31 Å². The van der Waals surface area contributed by atoms with Crippen LogP contribution in [0.5, 0.6) is 17.4 Å². The Hall–Kier alpha value is -2.39. The van der Waals surface area contributed by atoms with Crippen LogP contribution in [0.25, 0.3) is 0 Å². The highest BCUT2D eigenvalue weighted by Gasteiger charge is 2.31. The minimum atomic E-state index is -3.57. The van der Waals surface area contributed by atoms with Gasteiger partial charge < -0.3 is 14.2 Å². The van der Waals surface area contributed by atoms with Gasteiger partial charge in [0.2, 0.25) is 15.9 Å². The molecule has 1 aliphatic carbocycles. The predicted molar refractivity (Wildman–Crippen MR) is 113 cm³/mol. The molecule has 0 radical (unpaired) electrons. The van der Waals surface area contributed by atoms with Crippen LogP contribution in [0.3, 0.4) is 0 Å². The summed E-state index contributed by atoms with van der Waals surface area (Å²) in [5.41, 5.74) is 1.06. The van der Waals surface area contributed by atoms with E-state index in [0.29, 0.717) is 62.1 Å². The summed E-state index contributed by atoms with van der Waals surface area (Å²) in [4.78, 5) is 8.77. The number of rotatable bonds is 6. The Morgan fingerprint density at radius 2 is 1.77 bits per heavy atom. The van der Waals surface area contributed by atoms with Crippen LogP contribution >= 0.6 is 0 Å². The van der Waals surface area contributed by atoms with E-state index in [0.717, 1.165) is 25.0 Å². The third-order valence-corrected chi connectivity index (χ3v) is 7.95. The highest BCUT2D eigenvalue weighted by molar-refractivity contribution is 7.89. The second-order valence-corrected chi connectivity index (χ2v) is 10.3. The molecule has 1 saturated heterocycles. The Balaban J connectivity index is 1.18. The summed E-state index contributed by atoms with van der Waals surface area (Å²) in [5.74, 6) is 2.57. The van der Waals surface area contributed by atoms with E-state index in [-0.39, 0.29) is 4.90 Å². The van der Waals surface area contributed by atoms with Crippen LogP contribution < -0.4 is 14.2 Å². The molecule has 0 amide bonds. The van der Waals surface area contributed by atoms with Gasteiger partial charge in [0, 0.05) is 37.6 Å². The number of piperidine rings is 1. The van der Waals surface area contributed by atoms with Crippen LogP contribution in [0.15, 0.2) is 35.5 Å². The first-order valence-electron chi connectivity index (χ1n) is 10.9. The third kappa shape index (κ3) is 4.62. The smallest absolute Gasteiger partial charge is 0.243 e. The summed E-state index contributed by atoms with van der Waals surface area (Å²) in [6.45, 7) is 2.59. The largest absolute Gasteiger partial charge is 0.490 e. The lowest BCUT2D eigenvalue weighted by atomic mass is 9.99. The quantitative estimate of drug-likeness (QED) is 0.675. The average molecular weight is 446 g/mol. The Morgan fingerprint density at radius 1 is 1.00 bits per heavy atom. The molecule has 2 aliphatic heterocycles. The zero-order valence-corrected chi connectivity index (χ0v) is 18.2. The standard InChI is InChI=1S/C22H27N3O5S/c26-31(27,18-4-5-20-21(12-18)29-11-1-10-28-20)25-8-6-16(7-9-25)14-30-22-13-19(17-2-3-17)23-15-24-22/h4-5,12-13,15-17H,1-3,6-11,14H2. The molecule has 9 heteroatoms. The van der Waals surface area contributed by atoms with Gasteiger partial charge in [-0.15, -0.1) is 0 Å². The highest BCUT2D eigenvalue weighted by Crippen LogP contribution is 2.39. The Bertz CT molecular complexity index is 1030. The second-order valence-electron chi connectivity index (χ2n) is 8.37. The maximum Gasteiger partial charge on any atom is 0.243 e. The first-order chi connectivity index (χ1) is 15.1. The molecule has 0 atom stereocenters. The molecule has 0 spiro atoms. The summed E-state index contributed by atoms with van der Waals surface area (Å²) in [7, 11) is -3.57. The predicted octanol–water partition coefficient (Wildman–Crippen LogP) is 3.00. The monoisotopic (exact) mass is 445 g/mol. The summed E-state index contributed by atoms with van der Waals surface area (Å²) >= 11 is 0. The van der Waals surface area contributed by atoms with Crippen LogP contribution in [-0.4, -0.2) is 55.6 Å². The Labute approximate surface area is 182 Å². The molecule has 0 unspecified atom stereocenters. The maximum absolute atomic E-state index is 13.1. The van der Waals surface area contributed by atoms with E-state index in [1.807, 2.05) is 6.07 Å². The fourth-order valence-corrected chi connectivity index (χ4v) is 5.49. The first kappa shape index (κ1) is 20.5. The maximum atomic E-state index is 13.1. The van der Waals surface area contributed by atoms with Crippen molar-refractivity contribution in [3.8, 4) is 17.4 Å². The zero-order valence-electron chi connectivity index (χ0n) is 17.4. The molecule has 0 bridgehead atoms. The van der Waals surface area contributed by atoms with E-state index in [1.54, 1.807) is 28.8 Å². The number of hydrogen-bond donors (Lipinski definition) is 0. The van der Waals surface area contributed by atoms with Crippen molar-refractivity contribution < 1.29 is 22.6 Å². The van der Waals surface area contributed by atoms with Crippen molar-refractivity contribution in [3.05, 3.63) is 36.3 Å². The van der Waals surface area contributed by atoms with Gasteiger partial charge in [0.15, 0.2) is 11.5 Å². The minimum Gasteiger partial charge on any atom is -0.490 e. The molecule has 8 nitrogen and oxygen atoms in total. The van der Waals surface area contributed by atoms with Crippen molar-refractivity contribution in [2.75, 3.05) is 32.9 Å². The number of benzene rings is 1. The number of nitrogens with zero attached hydrogens (tertiary/aromatic N) is 3. The van der Waals surface area contributed by atoms with E-state index < -0.39 is 10.0 Å². The summed E-state index contributed by atoms with van der Waals surface area (Å²) in [5, 5.41) is 0. The molecule has 3 aliphatic rings. The van der Waals surface area contributed by atoms with Crippen molar-refractivity contribution in [2.45, 2.75) is 42.9 Å². The van der Waals surface area contributed by atoms with Gasteiger partial charge in [0.1, 0.15) is 6.33 Å². The van der Waals surface area contributed by atoms with Gasteiger partial charge >= 0.3 is 0 Å². The topological polar surface area (TPSA) is 90.9 Å². The summed E-state index contributed by atoms with van der Waals surface area (Å²) in [6.07, 6.45) is 6.23. The SMILES string of the molecule is O=S(=O)(c1ccc2c(c1)OCCCO2)N1CCC(COc2cc(C3CC3)ncn2)CC1. The lowest BCUT2D eigenvalue weighted by molar-refractivity contribution is 0.180. The van der Waals surface area contributed by atoms with Crippen molar-refractivity contribution in [2.24, 2.45) is 5.92 Å². The van der Waals surface area contributed by atoms with E-state index in [9.17, 15) is 8.42 Å². The van der Waals surface area contributed by atoms with Gasteiger partial charge in [0.05, 0.1) is 30.4 Å². The zero-order chi connectivity index (χ0) is 21.3. The van der Waals surface area contributed by atoms with Crippen molar-refractivity contribution in [1.82, 2.24) is 14.3 Å². The van der Waals surface area contributed by atoms with Crippen LogP contribution in [-0.2, 0) is 10.0 Å². The highest BCUT2D eigenvalue weighted by atomic mass is 32.2. The fourth-order valence-electron chi connectivity index (χ4n) is 4.01. The molecule has 2 aromatic rings. The third-order valence-electron chi connectivity index (χ3n) is 6.06. The van der Waals surface area contributed by atoms with Crippen LogP contribution in [0, 0.1) is 5.92 Å². The Kier molecular flexibility index (Phi) is 5.71. The molecule has 0 N–H and O–H groups in total. The molecule has 1 aromatic heterocycles. The van der Waals surface area contributed by atoms with Crippen molar-refractivity contribution in [3.63, 3.8) is 0 Å². The van der Waals surface area contributed by atoms with Gasteiger partial charge in [-0.3, -0.25) is 0 Å². The van der Waals surface area contributed by atoms with Gasteiger partial charge in [0.25, 0.3) is 0 Å². The number of ether oxygens (including phenoxy) is 3. The van der Waals surface area contributed by atoms with Crippen LogP contribution in [0.4, 0.5) is 0 Å². The summed E-state index contributed by atoms with van der Waals surface area (Å²) < 4.78 is 45.0. The van der Waals surface area contributed by atoms with Crippen molar-refractivity contribution >= 4 is 10.0 Å². The van der Waals surface area contributed by atoms with Gasteiger partial charge in [-0.05, 0) is 43.7 Å². The number of hydrogen-bond acceptors (Lipinski definition) is 7. The molecular formula is C22H27N3O5S. The van der Waals surface area contributed by atoms with E-state index in [4.69, 9.17) is 14.2 Å². The first-order valence-corrected chi connectivity index (χ1v) is 12.4. The average Bonchev–Trinajstić information content (AvgIpc) is 3.65. The lowest BCUT2D eigenvalue weighted by Gasteiger charge is -2.31. The van der Waals surface area contributed by atoms with Crippen LogP contribution in [0.2, 0.25) is 0 Å². The van der Waals surface area contributed by atoms with Gasteiger partial charge in [-0.25, -0.2) is 18.4 Å². The lowest BCUT2D eigenvalue weighted by Crippen LogP contribution is -2.39. The van der Waals surface area contributed by atoms with E-state index in [2.05, 4.69) is 9.97 Å².